The quantitative estimate of drug-likeness (QED) is 0.586. The first-order valence-corrected chi connectivity index (χ1v) is 8.08. The van der Waals surface area contributed by atoms with Crippen molar-refractivity contribution in [2.75, 3.05) is 26.1 Å². The fourth-order valence-corrected chi connectivity index (χ4v) is 2.27. The fraction of sp³-hybridized carbons (Fsp3) is 0.211. The summed E-state index contributed by atoms with van der Waals surface area (Å²) in [5.74, 6) is 0.853. The monoisotopic (exact) mass is 361 g/mol. The van der Waals surface area contributed by atoms with E-state index in [1.807, 2.05) is 0 Å². The Kier molecular flexibility index (Phi) is 6.71. The summed E-state index contributed by atoms with van der Waals surface area (Å²) in [5.41, 5.74) is 1.80. The number of carbonyl (C=O) groups is 1. The number of ether oxygens (including phenoxy) is 3. The van der Waals surface area contributed by atoms with Crippen LogP contribution in [0.2, 0.25) is 5.02 Å². The number of hydrogen-bond acceptors (Lipinski definition) is 5. The van der Waals surface area contributed by atoms with Gasteiger partial charge in [-0.05, 0) is 24.6 Å². The summed E-state index contributed by atoms with van der Waals surface area (Å²) in [7, 11) is 3.15. The second-order valence-electron chi connectivity index (χ2n) is 5.03. The van der Waals surface area contributed by atoms with Crippen molar-refractivity contribution in [3.05, 3.63) is 59.3 Å². The summed E-state index contributed by atoms with van der Waals surface area (Å²) in [4.78, 5) is 12.3. The van der Waals surface area contributed by atoms with Gasteiger partial charge in [0.2, 0.25) is 0 Å². The molecule has 0 fully saturated rings. The molecule has 0 radical (unpaired) electrons. The van der Waals surface area contributed by atoms with Gasteiger partial charge >= 0.3 is 5.97 Å². The van der Waals surface area contributed by atoms with E-state index in [0.29, 0.717) is 33.3 Å². The summed E-state index contributed by atoms with van der Waals surface area (Å²) in [6.45, 7) is 2.05. The molecule has 1 N–H and O–H groups in total. The summed E-state index contributed by atoms with van der Waals surface area (Å²) < 4.78 is 15.6. The van der Waals surface area contributed by atoms with Crippen molar-refractivity contribution >= 4 is 28.8 Å². The van der Waals surface area contributed by atoms with Gasteiger partial charge in [-0.2, -0.15) is 0 Å². The molecule has 0 aliphatic carbocycles. The Morgan fingerprint density at radius 3 is 2.20 bits per heavy atom. The SMILES string of the molecule is CCOC(=O)/C(=C/Nc1cc(OC)cc(OC)c1)c1ccc(Cl)cc1. The topological polar surface area (TPSA) is 56.8 Å². The van der Waals surface area contributed by atoms with Crippen LogP contribution >= 0.6 is 11.6 Å². The second-order valence-corrected chi connectivity index (χ2v) is 5.47. The first kappa shape index (κ1) is 18.7. The van der Waals surface area contributed by atoms with Crippen LogP contribution in [0.5, 0.6) is 11.5 Å². The Balaban J connectivity index is 2.34. The van der Waals surface area contributed by atoms with Crippen molar-refractivity contribution in [1.29, 1.82) is 0 Å². The summed E-state index contributed by atoms with van der Waals surface area (Å²) in [5, 5.41) is 3.69. The molecule has 0 aliphatic heterocycles. The maximum atomic E-state index is 12.3. The zero-order valence-corrected chi connectivity index (χ0v) is 15.1. The number of anilines is 1. The van der Waals surface area contributed by atoms with E-state index in [0.717, 1.165) is 0 Å². The van der Waals surface area contributed by atoms with Crippen LogP contribution in [0.4, 0.5) is 5.69 Å². The molecule has 0 aliphatic rings. The maximum Gasteiger partial charge on any atom is 0.340 e. The third kappa shape index (κ3) is 5.16. The number of rotatable bonds is 7. The van der Waals surface area contributed by atoms with E-state index in [1.165, 1.54) is 0 Å². The van der Waals surface area contributed by atoms with Crippen molar-refractivity contribution in [3.63, 3.8) is 0 Å². The van der Waals surface area contributed by atoms with Gasteiger partial charge in [-0.3, -0.25) is 0 Å². The first-order valence-electron chi connectivity index (χ1n) is 7.70. The standard InChI is InChI=1S/C19H20ClNO4/c1-4-25-19(22)18(13-5-7-14(20)8-6-13)12-21-15-9-16(23-2)11-17(10-15)24-3/h5-12,21H,4H2,1-3H3/b18-12+. The molecule has 0 aromatic heterocycles. The van der Waals surface area contributed by atoms with Gasteiger partial charge in [0.1, 0.15) is 11.5 Å². The van der Waals surface area contributed by atoms with Crippen molar-refractivity contribution in [2.45, 2.75) is 6.92 Å². The zero-order chi connectivity index (χ0) is 18.2. The Bertz CT molecular complexity index is 734. The molecule has 0 bridgehead atoms. The Hall–Kier alpha value is -2.66. The van der Waals surface area contributed by atoms with Crippen LogP contribution < -0.4 is 14.8 Å². The third-order valence-electron chi connectivity index (χ3n) is 3.39. The Morgan fingerprint density at radius 2 is 1.68 bits per heavy atom. The van der Waals surface area contributed by atoms with Gasteiger partial charge in [0.15, 0.2) is 0 Å². The number of carbonyl (C=O) groups excluding carboxylic acids is 1. The van der Waals surface area contributed by atoms with Crippen LogP contribution in [0, 0.1) is 0 Å². The number of esters is 1. The van der Waals surface area contributed by atoms with Gasteiger partial charge in [0, 0.05) is 35.1 Å². The van der Waals surface area contributed by atoms with Gasteiger partial charge in [0.05, 0.1) is 26.4 Å². The number of hydrogen-bond donors (Lipinski definition) is 1. The largest absolute Gasteiger partial charge is 0.497 e. The maximum absolute atomic E-state index is 12.3. The van der Waals surface area contributed by atoms with Gasteiger partial charge in [-0.1, -0.05) is 23.7 Å². The highest BCUT2D eigenvalue weighted by molar-refractivity contribution is 6.30. The fourth-order valence-electron chi connectivity index (χ4n) is 2.14. The lowest BCUT2D eigenvalue weighted by molar-refractivity contribution is -0.136. The minimum atomic E-state index is -0.424. The van der Waals surface area contributed by atoms with Crippen LogP contribution in [-0.4, -0.2) is 26.8 Å². The molecule has 2 aromatic rings. The van der Waals surface area contributed by atoms with Crippen LogP contribution in [-0.2, 0) is 9.53 Å². The molecule has 25 heavy (non-hydrogen) atoms. The lowest BCUT2D eigenvalue weighted by Gasteiger charge is -2.11. The predicted octanol–water partition coefficient (Wildman–Crippen LogP) is 4.37. The van der Waals surface area contributed by atoms with Crippen molar-refractivity contribution < 1.29 is 19.0 Å². The minimum absolute atomic E-state index is 0.288. The van der Waals surface area contributed by atoms with Crippen molar-refractivity contribution in [1.82, 2.24) is 0 Å². The van der Waals surface area contributed by atoms with E-state index in [1.54, 1.807) is 69.8 Å². The van der Waals surface area contributed by atoms with Crippen molar-refractivity contribution in [2.24, 2.45) is 0 Å². The summed E-state index contributed by atoms with van der Waals surface area (Å²) in [6, 6.07) is 12.3. The third-order valence-corrected chi connectivity index (χ3v) is 3.64. The number of methoxy groups -OCH3 is 2. The molecular weight excluding hydrogens is 342 g/mol. The highest BCUT2D eigenvalue weighted by Gasteiger charge is 2.13. The van der Waals surface area contributed by atoms with E-state index in [9.17, 15) is 4.79 Å². The normalized spacial score (nSPS) is 11.0. The lowest BCUT2D eigenvalue weighted by Crippen LogP contribution is -2.08. The highest BCUT2D eigenvalue weighted by Crippen LogP contribution is 2.27. The molecule has 132 valence electrons. The molecular formula is C19H20ClNO4. The van der Waals surface area contributed by atoms with Crippen LogP contribution in [0.1, 0.15) is 12.5 Å². The molecule has 0 amide bonds. The molecule has 0 saturated carbocycles. The molecule has 2 aromatic carbocycles. The van der Waals surface area contributed by atoms with E-state index >= 15 is 0 Å². The van der Waals surface area contributed by atoms with Gasteiger partial charge in [0.25, 0.3) is 0 Å². The highest BCUT2D eigenvalue weighted by atomic mass is 35.5. The molecule has 2 rings (SSSR count). The minimum Gasteiger partial charge on any atom is -0.497 e. The first-order chi connectivity index (χ1) is 12.1. The van der Waals surface area contributed by atoms with Gasteiger partial charge < -0.3 is 19.5 Å². The summed E-state index contributed by atoms with van der Waals surface area (Å²) in [6.07, 6.45) is 1.59. The van der Waals surface area contributed by atoms with E-state index in [4.69, 9.17) is 25.8 Å². The van der Waals surface area contributed by atoms with Crippen LogP contribution in [0.25, 0.3) is 5.57 Å². The molecule has 0 saturated heterocycles. The smallest absolute Gasteiger partial charge is 0.340 e. The Morgan fingerprint density at radius 1 is 1.08 bits per heavy atom. The van der Waals surface area contributed by atoms with E-state index in [2.05, 4.69) is 5.32 Å². The van der Waals surface area contributed by atoms with Crippen LogP contribution in [0.3, 0.4) is 0 Å². The molecule has 5 nitrogen and oxygen atoms in total. The molecule has 0 unspecified atom stereocenters. The summed E-state index contributed by atoms with van der Waals surface area (Å²) >= 11 is 5.92. The van der Waals surface area contributed by atoms with Crippen molar-refractivity contribution in [3.8, 4) is 11.5 Å². The van der Waals surface area contributed by atoms with Gasteiger partial charge in [-0.15, -0.1) is 0 Å². The zero-order valence-electron chi connectivity index (χ0n) is 14.3. The molecule has 0 heterocycles. The number of benzene rings is 2. The molecule has 6 heteroatoms. The van der Waals surface area contributed by atoms with E-state index in [-0.39, 0.29) is 6.61 Å². The van der Waals surface area contributed by atoms with Gasteiger partial charge in [-0.25, -0.2) is 4.79 Å². The molecule has 0 spiro atoms. The number of nitrogens with one attached hydrogen (secondary N) is 1. The second kappa shape index (κ2) is 8.99. The lowest BCUT2D eigenvalue weighted by atomic mass is 10.1. The Labute approximate surface area is 152 Å². The molecule has 0 atom stereocenters. The van der Waals surface area contributed by atoms with Crippen LogP contribution in [0.15, 0.2) is 48.7 Å². The predicted molar refractivity (Wildman–Crippen MR) is 99.2 cm³/mol. The van der Waals surface area contributed by atoms with E-state index < -0.39 is 5.97 Å². The average Bonchev–Trinajstić information content (AvgIpc) is 2.63. The number of halogens is 1. The average molecular weight is 362 g/mol.